The van der Waals surface area contributed by atoms with Crippen LogP contribution in [0.1, 0.15) is 17.1 Å². The van der Waals surface area contributed by atoms with Crippen LogP contribution in [0.5, 0.6) is 0 Å². The van der Waals surface area contributed by atoms with Crippen molar-refractivity contribution in [3.63, 3.8) is 0 Å². The molecule has 0 fully saturated rings. The Morgan fingerprint density at radius 2 is 1.73 bits per heavy atom. The number of rotatable bonds is 1. The Bertz CT molecular complexity index is 511. The summed E-state index contributed by atoms with van der Waals surface area (Å²) in [4.78, 5) is 14.2. The SMILES string of the molecule is Cc1nc(N(C)C)c2c(C)c(C)[nH]c2n1. The van der Waals surface area contributed by atoms with Crippen LogP contribution in [0.15, 0.2) is 0 Å². The number of nitrogens with zero attached hydrogens (tertiary/aromatic N) is 3. The molecule has 2 heterocycles. The van der Waals surface area contributed by atoms with Gasteiger partial charge in [0.1, 0.15) is 17.3 Å². The van der Waals surface area contributed by atoms with Crippen molar-refractivity contribution in [3.8, 4) is 0 Å². The average molecular weight is 204 g/mol. The number of hydrogen-bond acceptors (Lipinski definition) is 3. The lowest BCUT2D eigenvalue weighted by Crippen LogP contribution is -2.12. The second-order valence-corrected chi connectivity index (χ2v) is 4.09. The van der Waals surface area contributed by atoms with Crippen LogP contribution in [0.4, 0.5) is 5.82 Å². The highest BCUT2D eigenvalue weighted by molar-refractivity contribution is 5.91. The Morgan fingerprint density at radius 3 is 2.33 bits per heavy atom. The first kappa shape index (κ1) is 9.96. The summed E-state index contributed by atoms with van der Waals surface area (Å²) in [5, 5.41) is 1.13. The van der Waals surface area contributed by atoms with E-state index in [0.29, 0.717) is 0 Å². The number of fused-ring (bicyclic) bond motifs is 1. The molecular formula is C11H16N4. The lowest BCUT2D eigenvalue weighted by atomic mass is 10.2. The molecule has 1 N–H and O–H groups in total. The third-order valence-electron chi connectivity index (χ3n) is 2.67. The van der Waals surface area contributed by atoms with E-state index in [4.69, 9.17) is 0 Å². The van der Waals surface area contributed by atoms with Crippen molar-refractivity contribution in [2.75, 3.05) is 19.0 Å². The molecule has 0 aliphatic heterocycles. The largest absolute Gasteiger partial charge is 0.362 e. The minimum absolute atomic E-state index is 0.799. The monoisotopic (exact) mass is 204 g/mol. The highest BCUT2D eigenvalue weighted by atomic mass is 15.2. The van der Waals surface area contributed by atoms with E-state index in [0.717, 1.165) is 28.4 Å². The molecule has 0 unspecified atom stereocenters. The Labute approximate surface area is 89.3 Å². The zero-order chi connectivity index (χ0) is 11.2. The van der Waals surface area contributed by atoms with E-state index in [1.54, 1.807) is 0 Å². The predicted octanol–water partition coefficient (Wildman–Crippen LogP) is 1.95. The zero-order valence-corrected chi connectivity index (χ0v) is 9.84. The highest BCUT2D eigenvalue weighted by Crippen LogP contribution is 2.27. The van der Waals surface area contributed by atoms with E-state index in [1.165, 1.54) is 5.56 Å². The molecular weight excluding hydrogens is 188 g/mol. The molecule has 0 atom stereocenters. The molecule has 4 heteroatoms. The van der Waals surface area contributed by atoms with Crippen LogP contribution in [0.3, 0.4) is 0 Å². The van der Waals surface area contributed by atoms with E-state index < -0.39 is 0 Å². The first-order valence-corrected chi connectivity index (χ1v) is 5.01. The molecule has 80 valence electrons. The lowest BCUT2D eigenvalue weighted by Gasteiger charge is -2.13. The quantitative estimate of drug-likeness (QED) is 0.772. The molecule has 4 nitrogen and oxygen atoms in total. The Balaban J connectivity index is 2.88. The fourth-order valence-electron chi connectivity index (χ4n) is 1.78. The van der Waals surface area contributed by atoms with Crippen molar-refractivity contribution in [1.29, 1.82) is 0 Å². The molecule has 0 bridgehead atoms. The third-order valence-corrected chi connectivity index (χ3v) is 2.67. The second kappa shape index (κ2) is 3.22. The van der Waals surface area contributed by atoms with Gasteiger partial charge in [-0.2, -0.15) is 0 Å². The fourth-order valence-corrected chi connectivity index (χ4v) is 1.78. The molecule has 2 aromatic heterocycles. The van der Waals surface area contributed by atoms with Crippen LogP contribution in [-0.2, 0) is 0 Å². The topological polar surface area (TPSA) is 44.8 Å². The molecule has 2 rings (SSSR count). The van der Waals surface area contributed by atoms with Crippen LogP contribution < -0.4 is 4.90 Å². The van der Waals surface area contributed by atoms with Crippen LogP contribution in [0, 0.1) is 20.8 Å². The van der Waals surface area contributed by atoms with Gasteiger partial charge in [-0.1, -0.05) is 0 Å². The van der Waals surface area contributed by atoms with Crippen molar-refractivity contribution >= 4 is 16.9 Å². The molecule has 0 saturated carbocycles. The Hall–Kier alpha value is -1.58. The first-order valence-electron chi connectivity index (χ1n) is 5.01. The smallest absolute Gasteiger partial charge is 0.143 e. The van der Waals surface area contributed by atoms with E-state index >= 15 is 0 Å². The maximum Gasteiger partial charge on any atom is 0.143 e. The minimum Gasteiger partial charge on any atom is -0.362 e. The van der Waals surface area contributed by atoms with Gasteiger partial charge in [-0.15, -0.1) is 0 Å². The minimum atomic E-state index is 0.799. The van der Waals surface area contributed by atoms with Crippen LogP contribution in [0.2, 0.25) is 0 Å². The number of aromatic nitrogens is 3. The molecule has 0 aromatic carbocycles. The van der Waals surface area contributed by atoms with Gasteiger partial charge in [0.15, 0.2) is 0 Å². The Morgan fingerprint density at radius 1 is 1.07 bits per heavy atom. The number of H-pyrrole nitrogens is 1. The number of hydrogen-bond donors (Lipinski definition) is 1. The summed E-state index contributed by atoms with van der Waals surface area (Å²) in [5.74, 6) is 1.78. The van der Waals surface area contributed by atoms with Crippen molar-refractivity contribution < 1.29 is 0 Å². The van der Waals surface area contributed by atoms with Crippen molar-refractivity contribution in [3.05, 3.63) is 17.1 Å². The number of nitrogens with one attached hydrogen (secondary N) is 1. The maximum absolute atomic E-state index is 4.47. The summed E-state index contributed by atoms with van der Waals surface area (Å²) in [5.41, 5.74) is 3.32. The molecule has 0 aliphatic carbocycles. The first-order chi connectivity index (χ1) is 7.00. The average Bonchev–Trinajstić information content (AvgIpc) is 2.41. The predicted molar refractivity (Wildman–Crippen MR) is 62.4 cm³/mol. The van der Waals surface area contributed by atoms with Crippen molar-refractivity contribution in [2.45, 2.75) is 20.8 Å². The number of anilines is 1. The molecule has 0 radical (unpaired) electrons. The van der Waals surface area contributed by atoms with Crippen LogP contribution in [-0.4, -0.2) is 29.0 Å². The van der Waals surface area contributed by atoms with E-state index in [-0.39, 0.29) is 0 Å². The molecule has 0 amide bonds. The van der Waals surface area contributed by atoms with Gasteiger partial charge in [0, 0.05) is 19.8 Å². The van der Waals surface area contributed by atoms with Gasteiger partial charge in [0.05, 0.1) is 5.39 Å². The zero-order valence-electron chi connectivity index (χ0n) is 9.84. The van der Waals surface area contributed by atoms with Gasteiger partial charge in [0.2, 0.25) is 0 Å². The second-order valence-electron chi connectivity index (χ2n) is 4.09. The molecule has 0 spiro atoms. The van der Waals surface area contributed by atoms with E-state index in [9.17, 15) is 0 Å². The van der Waals surface area contributed by atoms with Gasteiger partial charge in [-0.05, 0) is 26.3 Å². The fraction of sp³-hybridized carbons (Fsp3) is 0.455. The van der Waals surface area contributed by atoms with Crippen molar-refractivity contribution in [1.82, 2.24) is 15.0 Å². The molecule has 0 saturated heterocycles. The summed E-state index contributed by atoms with van der Waals surface area (Å²) in [6, 6.07) is 0. The Kier molecular flexibility index (Phi) is 2.14. The summed E-state index contributed by atoms with van der Waals surface area (Å²) >= 11 is 0. The van der Waals surface area contributed by atoms with Gasteiger partial charge in [0.25, 0.3) is 0 Å². The third kappa shape index (κ3) is 1.46. The van der Waals surface area contributed by atoms with Gasteiger partial charge in [-0.3, -0.25) is 0 Å². The summed E-state index contributed by atoms with van der Waals surface area (Å²) in [6.45, 7) is 6.07. The standard InChI is InChI=1S/C11H16N4/c1-6-7(2)12-10-9(6)11(15(4)5)14-8(3)13-10/h1-5H3,(H,12,13,14). The van der Waals surface area contributed by atoms with Crippen LogP contribution >= 0.6 is 0 Å². The van der Waals surface area contributed by atoms with Gasteiger partial charge >= 0.3 is 0 Å². The van der Waals surface area contributed by atoms with E-state index in [2.05, 4.69) is 28.8 Å². The molecule has 15 heavy (non-hydrogen) atoms. The highest BCUT2D eigenvalue weighted by Gasteiger charge is 2.13. The maximum atomic E-state index is 4.47. The van der Waals surface area contributed by atoms with Gasteiger partial charge in [-0.25, -0.2) is 9.97 Å². The van der Waals surface area contributed by atoms with Gasteiger partial charge < -0.3 is 9.88 Å². The normalized spacial score (nSPS) is 11.0. The number of aryl methyl sites for hydroxylation is 3. The van der Waals surface area contributed by atoms with Crippen LogP contribution in [0.25, 0.3) is 11.0 Å². The molecule has 0 aliphatic rings. The molecule has 2 aromatic rings. The number of aromatic amines is 1. The van der Waals surface area contributed by atoms with Crippen molar-refractivity contribution in [2.24, 2.45) is 0 Å². The lowest BCUT2D eigenvalue weighted by molar-refractivity contribution is 1.01. The summed E-state index contributed by atoms with van der Waals surface area (Å²) in [7, 11) is 4.01. The summed E-state index contributed by atoms with van der Waals surface area (Å²) < 4.78 is 0. The summed E-state index contributed by atoms with van der Waals surface area (Å²) in [6.07, 6.45) is 0. The van der Waals surface area contributed by atoms with E-state index in [1.807, 2.05) is 25.9 Å².